The predicted molar refractivity (Wildman–Crippen MR) is 75.5 cm³/mol. The van der Waals surface area contributed by atoms with E-state index >= 15 is 0 Å². The zero-order chi connectivity index (χ0) is 13.2. The van der Waals surface area contributed by atoms with Crippen molar-refractivity contribution in [3.8, 4) is 0 Å². The number of hydrogen-bond donors (Lipinski definition) is 2. The van der Waals surface area contributed by atoms with Crippen LogP contribution in [0.4, 0.5) is 0 Å². The average Bonchev–Trinajstić information content (AvgIpc) is 2.75. The highest BCUT2D eigenvalue weighted by molar-refractivity contribution is 4.98. The van der Waals surface area contributed by atoms with Crippen molar-refractivity contribution in [1.29, 1.82) is 0 Å². The van der Waals surface area contributed by atoms with Crippen molar-refractivity contribution in [3.63, 3.8) is 0 Å². The van der Waals surface area contributed by atoms with Gasteiger partial charge in [-0.25, -0.2) is 0 Å². The van der Waals surface area contributed by atoms with Crippen LogP contribution in [0.5, 0.6) is 0 Å². The van der Waals surface area contributed by atoms with Gasteiger partial charge in [0.05, 0.1) is 6.10 Å². The van der Waals surface area contributed by atoms with Crippen molar-refractivity contribution in [3.05, 3.63) is 0 Å². The second kappa shape index (κ2) is 5.89. The maximum atomic E-state index is 6.10. The molecule has 0 spiro atoms. The molecule has 0 aromatic heterocycles. The van der Waals surface area contributed by atoms with Crippen molar-refractivity contribution in [1.82, 2.24) is 5.32 Å². The van der Waals surface area contributed by atoms with Gasteiger partial charge in [-0.05, 0) is 43.9 Å². The number of nitrogens with one attached hydrogen (secondary N) is 1. The molecule has 0 aromatic rings. The molecule has 0 radical (unpaired) electrons. The molecule has 2 rings (SSSR count). The van der Waals surface area contributed by atoms with E-state index in [-0.39, 0.29) is 5.54 Å². The Morgan fingerprint density at radius 2 is 2.17 bits per heavy atom. The Hall–Kier alpha value is -0.120. The van der Waals surface area contributed by atoms with Gasteiger partial charge >= 0.3 is 0 Å². The summed E-state index contributed by atoms with van der Waals surface area (Å²) in [5.74, 6) is 1.46. The summed E-state index contributed by atoms with van der Waals surface area (Å²) in [5, 5.41) is 3.89. The summed E-state index contributed by atoms with van der Waals surface area (Å²) in [5.41, 5.74) is 6.22. The van der Waals surface area contributed by atoms with Crippen LogP contribution in [0.15, 0.2) is 0 Å². The van der Waals surface area contributed by atoms with Crippen LogP contribution in [0.3, 0.4) is 0 Å². The van der Waals surface area contributed by atoms with Crippen LogP contribution < -0.4 is 11.1 Å². The summed E-state index contributed by atoms with van der Waals surface area (Å²) < 4.78 is 5.89. The lowest BCUT2D eigenvalue weighted by Gasteiger charge is -2.44. The molecule has 4 atom stereocenters. The van der Waals surface area contributed by atoms with Crippen molar-refractivity contribution in [2.75, 3.05) is 13.2 Å². The Bertz CT molecular complexity index is 269. The van der Waals surface area contributed by atoms with Crippen LogP contribution in [-0.4, -0.2) is 30.8 Å². The van der Waals surface area contributed by atoms with Crippen molar-refractivity contribution < 1.29 is 4.74 Å². The summed E-state index contributed by atoms with van der Waals surface area (Å²) in [4.78, 5) is 0. The second-order valence-electron chi connectivity index (χ2n) is 6.85. The molecule has 1 aliphatic heterocycles. The van der Waals surface area contributed by atoms with E-state index in [0.29, 0.717) is 18.1 Å². The first-order chi connectivity index (χ1) is 8.54. The van der Waals surface area contributed by atoms with Crippen LogP contribution in [0.1, 0.15) is 52.9 Å². The third-order valence-corrected chi connectivity index (χ3v) is 4.84. The Morgan fingerprint density at radius 3 is 2.72 bits per heavy atom. The molecule has 0 bridgehead atoms. The van der Waals surface area contributed by atoms with Gasteiger partial charge in [0, 0.05) is 24.7 Å². The summed E-state index contributed by atoms with van der Waals surface area (Å²) in [6.45, 7) is 8.45. The summed E-state index contributed by atoms with van der Waals surface area (Å²) >= 11 is 0. The van der Waals surface area contributed by atoms with E-state index < -0.39 is 0 Å². The summed E-state index contributed by atoms with van der Waals surface area (Å²) in [6, 6.07) is 0.675. The third-order valence-electron chi connectivity index (χ3n) is 4.84. The van der Waals surface area contributed by atoms with E-state index in [0.717, 1.165) is 31.9 Å². The molecule has 3 heteroatoms. The van der Waals surface area contributed by atoms with E-state index in [1.807, 2.05) is 0 Å². The molecule has 1 aliphatic carbocycles. The molecule has 1 saturated heterocycles. The Kier molecular flexibility index (Phi) is 4.68. The first-order valence-corrected chi connectivity index (χ1v) is 7.64. The normalized spacial score (nSPS) is 41.5. The maximum Gasteiger partial charge on any atom is 0.0616 e. The molecule has 2 fully saturated rings. The molecule has 18 heavy (non-hydrogen) atoms. The molecule has 0 amide bonds. The van der Waals surface area contributed by atoms with Gasteiger partial charge in [0.15, 0.2) is 0 Å². The quantitative estimate of drug-likeness (QED) is 0.809. The van der Waals surface area contributed by atoms with Gasteiger partial charge in [0.1, 0.15) is 0 Å². The smallest absolute Gasteiger partial charge is 0.0616 e. The van der Waals surface area contributed by atoms with Crippen molar-refractivity contribution in [2.45, 2.75) is 70.6 Å². The molecule has 106 valence electrons. The van der Waals surface area contributed by atoms with Gasteiger partial charge in [0.2, 0.25) is 0 Å². The molecular formula is C15H30N2O. The minimum atomic E-state index is 0.127. The fourth-order valence-corrected chi connectivity index (χ4v) is 3.53. The standard InChI is InChI=1S/C15H30N2O/c1-11(2)14-9-15(10-16,6-7-18-14)17-13-5-4-12(3)8-13/h11-14,17H,4-10,16H2,1-3H3. The molecule has 1 heterocycles. The van der Waals surface area contributed by atoms with Crippen LogP contribution >= 0.6 is 0 Å². The lowest BCUT2D eigenvalue weighted by molar-refractivity contribution is -0.0518. The van der Waals surface area contributed by atoms with E-state index in [4.69, 9.17) is 10.5 Å². The largest absolute Gasteiger partial charge is 0.378 e. The van der Waals surface area contributed by atoms with E-state index in [9.17, 15) is 0 Å². The fourth-order valence-electron chi connectivity index (χ4n) is 3.53. The zero-order valence-corrected chi connectivity index (χ0v) is 12.2. The van der Waals surface area contributed by atoms with E-state index in [1.54, 1.807) is 0 Å². The Balaban J connectivity index is 1.96. The molecule has 3 N–H and O–H groups in total. The third kappa shape index (κ3) is 3.25. The summed E-state index contributed by atoms with van der Waals surface area (Å²) in [6.07, 6.45) is 6.51. The van der Waals surface area contributed by atoms with Gasteiger partial charge in [-0.2, -0.15) is 0 Å². The molecule has 2 aliphatic rings. The molecular weight excluding hydrogens is 224 g/mol. The number of rotatable bonds is 4. The minimum absolute atomic E-state index is 0.127. The Labute approximate surface area is 112 Å². The monoisotopic (exact) mass is 254 g/mol. The van der Waals surface area contributed by atoms with Crippen LogP contribution in [0.25, 0.3) is 0 Å². The average molecular weight is 254 g/mol. The van der Waals surface area contributed by atoms with Crippen molar-refractivity contribution >= 4 is 0 Å². The van der Waals surface area contributed by atoms with Gasteiger partial charge in [-0.3, -0.25) is 0 Å². The molecule has 3 nitrogen and oxygen atoms in total. The van der Waals surface area contributed by atoms with Crippen LogP contribution in [0.2, 0.25) is 0 Å². The highest BCUT2D eigenvalue weighted by Crippen LogP contribution is 2.32. The van der Waals surface area contributed by atoms with E-state index in [1.165, 1.54) is 19.3 Å². The molecule has 4 unspecified atom stereocenters. The van der Waals surface area contributed by atoms with E-state index in [2.05, 4.69) is 26.1 Å². The maximum absolute atomic E-state index is 6.10. The lowest BCUT2D eigenvalue weighted by Crippen LogP contribution is -2.59. The van der Waals surface area contributed by atoms with Gasteiger partial charge in [-0.1, -0.05) is 20.8 Å². The number of hydrogen-bond acceptors (Lipinski definition) is 3. The van der Waals surface area contributed by atoms with Crippen LogP contribution in [0, 0.1) is 11.8 Å². The van der Waals surface area contributed by atoms with Crippen LogP contribution in [-0.2, 0) is 4.74 Å². The first-order valence-electron chi connectivity index (χ1n) is 7.64. The molecule has 0 aromatic carbocycles. The highest BCUT2D eigenvalue weighted by Gasteiger charge is 2.39. The number of ether oxygens (including phenoxy) is 1. The second-order valence-corrected chi connectivity index (χ2v) is 6.85. The lowest BCUT2D eigenvalue weighted by atomic mass is 9.82. The number of nitrogens with two attached hydrogens (primary N) is 1. The van der Waals surface area contributed by atoms with Gasteiger partial charge in [0.25, 0.3) is 0 Å². The van der Waals surface area contributed by atoms with Gasteiger partial charge < -0.3 is 15.8 Å². The topological polar surface area (TPSA) is 47.3 Å². The zero-order valence-electron chi connectivity index (χ0n) is 12.2. The Morgan fingerprint density at radius 1 is 1.39 bits per heavy atom. The molecule has 1 saturated carbocycles. The first kappa shape index (κ1) is 14.3. The van der Waals surface area contributed by atoms with Crippen molar-refractivity contribution in [2.24, 2.45) is 17.6 Å². The fraction of sp³-hybridized carbons (Fsp3) is 1.00. The minimum Gasteiger partial charge on any atom is -0.378 e. The SMILES string of the molecule is CC1CCC(NC2(CN)CCOC(C(C)C)C2)C1. The summed E-state index contributed by atoms with van der Waals surface area (Å²) in [7, 11) is 0. The highest BCUT2D eigenvalue weighted by atomic mass is 16.5. The van der Waals surface area contributed by atoms with Gasteiger partial charge in [-0.15, -0.1) is 0 Å². The predicted octanol–water partition coefficient (Wildman–Crippen LogP) is 2.30.